The van der Waals surface area contributed by atoms with Gasteiger partial charge in [0.15, 0.2) is 11.4 Å². The van der Waals surface area contributed by atoms with Crippen LogP contribution >= 0.6 is 0 Å². The first-order chi connectivity index (χ1) is 12.1. The zero-order valence-corrected chi connectivity index (χ0v) is 15.9. The molecule has 0 aromatic carbocycles. The normalized spacial score (nSPS) is 37.5. The molecule has 1 fully saturated rings. The monoisotopic (exact) mass is 362 g/mol. The zero-order valence-electron chi connectivity index (χ0n) is 15.9. The van der Waals surface area contributed by atoms with Gasteiger partial charge in [-0.15, -0.1) is 0 Å². The fourth-order valence-electron chi connectivity index (χ4n) is 4.37. The van der Waals surface area contributed by atoms with E-state index in [9.17, 15) is 19.5 Å². The van der Waals surface area contributed by atoms with Crippen molar-refractivity contribution in [3.63, 3.8) is 0 Å². The van der Waals surface area contributed by atoms with Crippen molar-refractivity contribution in [3.05, 3.63) is 22.8 Å². The standard InChI is InChI=1S/C20H26O6/c1-6-9(2)18(22)25-14-7-10(3)16-13(21)8-11(4)20(16,24)17-15(14)12(5)19(23)26-17/h8-9,12,14-15,17,24H,6-7H2,1-5H3. The van der Waals surface area contributed by atoms with Crippen molar-refractivity contribution in [3.8, 4) is 0 Å². The van der Waals surface area contributed by atoms with Gasteiger partial charge in [0.2, 0.25) is 0 Å². The summed E-state index contributed by atoms with van der Waals surface area (Å²) in [4.78, 5) is 37.1. The summed E-state index contributed by atoms with van der Waals surface area (Å²) in [5.74, 6) is -2.35. The van der Waals surface area contributed by atoms with Crippen LogP contribution in [-0.2, 0) is 23.9 Å². The minimum absolute atomic E-state index is 0.258. The van der Waals surface area contributed by atoms with Crippen LogP contribution < -0.4 is 0 Å². The summed E-state index contributed by atoms with van der Waals surface area (Å²) < 4.78 is 11.3. The van der Waals surface area contributed by atoms with Crippen LogP contribution in [0.3, 0.4) is 0 Å². The van der Waals surface area contributed by atoms with E-state index in [2.05, 4.69) is 0 Å². The Kier molecular flexibility index (Phi) is 4.59. The van der Waals surface area contributed by atoms with E-state index in [-0.39, 0.29) is 23.2 Å². The van der Waals surface area contributed by atoms with Crippen molar-refractivity contribution in [2.45, 2.75) is 65.3 Å². The molecule has 0 bridgehead atoms. The van der Waals surface area contributed by atoms with Crippen LogP contribution in [0.5, 0.6) is 0 Å². The largest absolute Gasteiger partial charge is 0.461 e. The zero-order chi connectivity index (χ0) is 19.4. The van der Waals surface area contributed by atoms with Gasteiger partial charge in [0.05, 0.1) is 17.8 Å². The fourth-order valence-corrected chi connectivity index (χ4v) is 4.37. The maximum atomic E-state index is 12.5. The highest BCUT2D eigenvalue weighted by molar-refractivity contribution is 6.11. The van der Waals surface area contributed by atoms with Crippen LogP contribution in [-0.4, -0.2) is 40.6 Å². The first-order valence-electron chi connectivity index (χ1n) is 9.19. The van der Waals surface area contributed by atoms with Crippen molar-refractivity contribution < 1.29 is 29.0 Å². The van der Waals surface area contributed by atoms with Crippen LogP contribution in [0.4, 0.5) is 0 Å². The molecule has 3 aliphatic rings. The third-order valence-electron chi connectivity index (χ3n) is 6.18. The second kappa shape index (κ2) is 6.34. The second-order valence-corrected chi connectivity index (χ2v) is 7.83. The molecule has 26 heavy (non-hydrogen) atoms. The first-order valence-corrected chi connectivity index (χ1v) is 9.19. The Bertz CT molecular complexity index is 733. The molecule has 0 amide bonds. The average molecular weight is 362 g/mol. The van der Waals surface area contributed by atoms with E-state index < -0.39 is 35.6 Å². The summed E-state index contributed by atoms with van der Waals surface area (Å²) in [7, 11) is 0. The molecule has 0 aromatic heterocycles. The molecule has 1 heterocycles. The van der Waals surface area contributed by atoms with E-state index in [0.717, 1.165) is 0 Å². The molecule has 142 valence electrons. The highest BCUT2D eigenvalue weighted by Crippen LogP contribution is 2.51. The number of rotatable bonds is 3. The van der Waals surface area contributed by atoms with Gasteiger partial charge in [-0.3, -0.25) is 14.4 Å². The van der Waals surface area contributed by atoms with Crippen molar-refractivity contribution in [1.82, 2.24) is 0 Å². The molecule has 1 aliphatic heterocycles. The number of allylic oxidation sites excluding steroid dienone is 1. The van der Waals surface area contributed by atoms with Gasteiger partial charge in [-0.1, -0.05) is 26.3 Å². The fraction of sp³-hybridized carbons (Fsp3) is 0.650. The lowest BCUT2D eigenvalue weighted by molar-refractivity contribution is -0.160. The number of fused-ring (bicyclic) bond motifs is 3. The van der Waals surface area contributed by atoms with Gasteiger partial charge in [0.1, 0.15) is 12.2 Å². The molecule has 3 rings (SSSR count). The Morgan fingerprint density at radius 2 is 2.08 bits per heavy atom. The number of hydrogen-bond donors (Lipinski definition) is 1. The second-order valence-electron chi connectivity index (χ2n) is 7.83. The van der Waals surface area contributed by atoms with Crippen molar-refractivity contribution in [2.24, 2.45) is 17.8 Å². The summed E-state index contributed by atoms with van der Waals surface area (Å²) in [5.41, 5.74) is -0.258. The molecule has 6 heteroatoms. The summed E-state index contributed by atoms with van der Waals surface area (Å²) in [6, 6.07) is 0. The smallest absolute Gasteiger partial charge is 0.309 e. The minimum atomic E-state index is -1.65. The Morgan fingerprint density at radius 3 is 2.69 bits per heavy atom. The molecular weight excluding hydrogens is 336 g/mol. The summed E-state index contributed by atoms with van der Waals surface area (Å²) in [6.07, 6.45) is 0.794. The van der Waals surface area contributed by atoms with Gasteiger partial charge in [-0.05, 0) is 31.9 Å². The number of hydrogen-bond acceptors (Lipinski definition) is 6. The third-order valence-corrected chi connectivity index (χ3v) is 6.18. The Morgan fingerprint density at radius 1 is 1.42 bits per heavy atom. The average Bonchev–Trinajstić information content (AvgIpc) is 2.96. The van der Waals surface area contributed by atoms with Gasteiger partial charge < -0.3 is 14.6 Å². The van der Waals surface area contributed by atoms with Gasteiger partial charge in [-0.2, -0.15) is 0 Å². The number of ketones is 1. The molecule has 0 spiro atoms. The topological polar surface area (TPSA) is 89.9 Å². The molecule has 1 N–H and O–H groups in total. The minimum Gasteiger partial charge on any atom is -0.461 e. The Labute approximate surface area is 153 Å². The molecule has 0 radical (unpaired) electrons. The van der Waals surface area contributed by atoms with Crippen molar-refractivity contribution >= 4 is 17.7 Å². The van der Waals surface area contributed by atoms with Gasteiger partial charge in [0, 0.05) is 12.0 Å². The number of carbonyl (C=O) groups excluding carboxylic acids is 3. The summed E-state index contributed by atoms with van der Waals surface area (Å²) in [5, 5.41) is 11.4. The molecule has 0 saturated carbocycles. The van der Waals surface area contributed by atoms with E-state index in [4.69, 9.17) is 9.47 Å². The lowest BCUT2D eigenvalue weighted by Crippen LogP contribution is -2.49. The molecule has 2 aliphatic carbocycles. The molecule has 6 nitrogen and oxygen atoms in total. The maximum absolute atomic E-state index is 12.5. The Hall–Kier alpha value is -1.95. The molecular formula is C20H26O6. The van der Waals surface area contributed by atoms with Gasteiger partial charge >= 0.3 is 11.9 Å². The highest BCUT2D eigenvalue weighted by atomic mass is 16.6. The molecule has 6 unspecified atom stereocenters. The highest BCUT2D eigenvalue weighted by Gasteiger charge is 2.62. The SMILES string of the molecule is CCC(C)C(=O)OC1CC(C)=C2C(=O)C=C(C)C2(O)C2OC(=O)C(C)C12. The number of ether oxygens (including phenoxy) is 2. The quantitative estimate of drug-likeness (QED) is 0.774. The van der Waals surface area contributed by atoms with Crippen molar-refractivity contribution in [2.75, 3.05) is 0 Å². The van der Waals surface area contributed by atoms with Crippen LogP contribution in [0, 0.1) is 17.8 Å². The lowest BCUT2D eigenvalue weighted by Gasteiger charge is -2.35. The number of esters is 2. The Balaban J connectivity index is 2.07. The van der Waals surface area contributed by atoms with E-state index in [0.29, 0.717) is 24.0 Å². The maximum Gasteiger partial charge on any atom is 0.309 e. The summed E-state index contributed by atoms with van der Waals surface area (Å²) >= 11 is 0. The van der Waals surface area contributed by atoms with Crippen LogP contribution in [0.15, 0.2) is 22.8 Å². The number of aliphatic hydroxyl groups is 1. The van der Waals surface area contributed by atoms with Gasteiger partial charge in [0.25, 0.3) is 0 Å². The molecule has 0 aromatic rings. The molecule has 1 saturated heterocycles. The van der Waals surface area contributed by atoms with Crippen LogP contribution in [0.2, 0.25) is 0 Å². The van der Waals surface area contributed by atoms with E-state index >= 15 is 0 Å². The third kappa shape index (κ3) is 2.54. The predicted molar refractivity (Wildman–Crippen MR) is 92.9 cm³/mol. The van der Waals surface area contributed by atoms with E-state index in [1.165, 1.54) is 6.08 Å². The predicted octanol–water partition coefficient (Wildman–Crippen LogP) is 2.10. The summed E-state index contributed by atoms with van der Waals surface area (Å²) in [6.45, 7) is 8.84. The van der Waals surface area contributed by atoms with Crippen LogP contribution in [0.25, 0.3) is 0 Å². The van der Waals surface area contributed by atoms with Gasteiger partial charge in [-0.25, -0.2) is 0 Å². The first kappa shape index (κ1) is 18.8. The molecule has 6 atom stereocenters. The van der Waals surface area contributed by atoms with E-state index in [1.54, 1.807) is 27.7 Å². The number of carbonyl (C=O) groups is 3. The van der Waals surface area contributed by atoms with Crippen molar-refractivity contribution in [1.29, 1.82) is 0 Å². The van der Waals surface area contributed by atoms with E-state index in [1.807, 2.05) is 6.92 Å². The van der Waals surface area contributed by atoms with Crippen LogP contribution in [0.1, 0.15) is 47.5 Å². The lowest BCUT2D eigenvalue weighted by atomic mass is 9.76.